The van der Waals surface area contributed by atoms with Gasteiger partial charge in [0.05, 0.1) is 17.6 Å². The number of carbonyl (C=O) groups is 2. The summed E-state index contributed by atoms with van der Waals surface area (Å²) in [5, 5.41) is 3.02. The van der Waals surface area contributed by atoms with Gasteiger partial charge < -0.3 is 10.2 Å². The zero-order chi connectivity index (χ0) is 17.7. The van der Waals surface area contributed by atoms with Crippen LogP contribution in [-0.4, -0.2) is 38.9 Å². The Labute approximate surface area is 148 Å². The van der Waals surface area contributed by atoms with E-state index in [1.54, 1.807) is 18.0 Å². The van der Waals surface area contributed by atoms with Gasteiger partial charge in [0.25, 0.3) is 0 Å². The van der Waals surface area contributed by atoms with Gasteiger partial charge in [-0.25, -0.2) is 0 Å². The van der Waals surface area contributed by atoms with Gasteiger partial charge in [-0.15, -0.1) is 11.8 Å². The van der Waals surface area contributed by atoms with Crippen LogP contribution < -0.4 is 5.32 Å². The number of aromatic nitrogens is 1. The van der Waals surface area contributed by atoms with Crippen LogP contribution in [0.3, 0.4) is 0 Å². The molecule has 0 radical (unpaired) electrons. The third kappa shape index (κ3) is 4.72. The molecule has 0 spiro atoms. The molecule has 2 rings (SSSR count). The number of nitrogens with one attached hydrogen (secondary N) is 1. The average molecular weight is 350 g/mol. The summed E-state index contributed by atoms with van der Waals surface area (Å²) in [6, 6.07) is 5.23. The Bertz CT molecular complexity index is 563. The fourth-order valence-corrected chi connectivity index (χ4v) is 4.39. The summed E-state index contributed by atoms with van der Waals surface area (Å²) in [7, 11) is 0. The molecule has 1 saturated heterocycles. The van der Waals surface area contributed by atoms with Crippen molar-refractivity contribution in [3.63, 3.8) is 0 Å². The molecule has 2 atom stereocenters. The molecular weight excluding hydrogens is 322 g/mol. The smallest absolute Gasteiger partial charge is 0.244 e. The Morgan fingerprint density at radius 2 is 2.08 bits per heavy atom. The molecule has 1 N–H and O–H groups in total. The number of carbonyl (C=O) groups excluding carboxylic acids is 2. The quantitative estimate of drug-likeness (QED) is 0.858. The van der Waals surface area contributed by atoms with Gasteiger partial charge in [-0.05, 0) is 24.5 Å². The monoisotopic (exact) mass is 349 g/mol. The molecule has 6 heteroatoms. The number of pyridine rings is 1. The Morgan fingerprint density at radius 3 is 2.67 bits per heavy atom. The molecule has 2 amide bonds. The Hall–Kier alpha value is -1.56. The molecule has 0 saturated carbocycles. The normalized spacial score (nSPS) is 20.7. The van der Waals surface area contributed by atoms with Crippen molar-refractivity contribution < 1.29 is 9.59 Å². The molecule has 1 aromatic rings. The summed E-state index contributed by atoms with van der Waals surface area (Å²) in [4.78, 5) is 31.3. The SMILES string of the molecule is CC(C)CC1SCC(C(=O)NCc2ccccn2)N1C(=O)C(C)C. The summed E-state index contributed by atoms with van der Waals surface area (Å²) in [5.74, 6) is 1.01. The number of amides is 2. The predicted octanol–water partition coefficient (Wildman–Crippen LogP) is 2.67. The number of nitrogens with zero attached hydrogens (tertiary/aromatic N) is 2. The van der Waals surface area contributed by atoms with E-state index in [-0.39, 0.29) is 23.1 Å². The minimum absolute atomic E-state index is 0.0589. The summed E-state index contributed by atoms with van der Waals surface area (Å²) in [6.45, 7) is 8.46. The van der Waals surface area contributed by atoms with E-state index in [1.807, 2.05) is 36.9 Å². The van der Waals surface area contributed by atoms with Gasteiger partial charge in [0.2, 0.25) is 11.8 Å². The van der Waals surface area contributed by atoms with Crippen LogP contribution in [0, 0.1) is 11.8 Å². The van der Waals surface area contributed by atoms with Crippen molar-refractivity contribution in [2.75, 3.05) is 5.75 Å². The predicted molar refractivity (Wildman–Crippen MR) is 97.3 cm³/mol. The molecule has 1 aliphatic rings. The van der Waals surface area contributed by atoms with Crippen molar-refractivity contribution in [2.24, 2.45) is 11.8 Å². The molecule has 2 heterocycles. The third-order valence-electron chi connectivity index (χ3n) is 3.99. The summed E-state index contributed by atoms with van der Waals surface area (Å²) >= 11 is 1.71. The van der Waals surface area contributed by atoms with Crippen molar-refractivity contribution in [3.05, 3.63) is 30.1 Å². The summed E-state index contributed by atoms with van der Waals surface area (Å²) in [5.41, 5.74) is 0.817. The summed E-state index contributed by atoms with van der Waals surface area (Å²) < 4.78 is 0. The highest BCUT2D eigenvalue weighted by Crippen LogP contribution is 2.34. The molecule has 0 aliphatic carbocycles. The van der Waals surface area contributed by atoms with Gasteiger partial charge in [0.1, 0.15) is 6.04 Å². The molecule has 5 nitrogen and oxygen atoms in total. The van der Waals surface area contributed by atoms with E-state index < -0.39 is 6.04 Å². The maximum Gasteiger partial charge on any atom is 0.244 e. The van der Waals surface area contributed by atoms with E-state index in [9.17, 15) is 9.59 Å². The van der Waals surface area contributed by atoms with Gasteiger partial charge in [-0.3, -0.25) is 14.6 Å². The lowest BCUT2D eigenvalue weighted by Gasteiger charge is -2.31. The second kappa shape index (κ2) is 8.51. The average Bonchev–Trinajstić information content (AvgIpc) is 2.95. The number of hydrogen-bond acceptors (Lipinski definition) is 4. The highest BCUT2D eigenvalue weighted by Gasteiger charge is 2.42. The lowest BCUT2D eigenvalue weighted by atomic mass is 10.1. The van der Waals surface area contributed by atoms with Crippen LogP contribution in [0.25, 0.3) is 0 Å². The largest absolute Gasteiger partial charge is 0.349 e. The highest BCUT2D eigenvalue weighted by molar-refractivity contribution is 8.00. The van der Waals surface area contributed by atoms with Crippen LogP contribution >= 0.6 is 11.8 Å². The van der Waals surface area contributed by atoms with Crippen molar-refractivity contribution in [1.29, 1.82) is 0 Å². The lowest BCUT2D eigenvalue weighted by molar-refractivity contribution is -0.142. The number of thioether (sulfide) groups is 1. The first-order chi connectivity index (χ1) is 11.4. The van der Waals surface area contributed by atoms with Crippen LogP contribution in [-0.2, 0) is 16.1 Å². The Kier molecular flexibility index (Phi) is 6.66. The lowest BCUT2D eigenvalue weighted by Crippen LogP contribution is -2.51. The molecule has 0 bridgehead atoms. The first-order valence-electron chi connectivity index (χ1n) is 8.51. The zero-order valence-electron chi connectivity index (χ0n) is 14.9. The van der Waals surface area contributed by atoms with Crippen molar-refractivity contribution >= 4 is 23.6 Å². The molecule has 1 aliphatic heterocycles. The maximum absolute atomic E-state index is 12.6. The molecule has 132 valence electrons. The second-order valence-electron chi connectivity index (χ2n) is 6.87. The van der Waals surface area contributed by atoms with Crippen LogP contribution in [0.2, 0.25) is 0 Å². The fourth-order valence-electron chi connectivity index (χ4n) is 2.74. The summed E-state index contributed by atoms with van der Waals surface area (Å²) in [6.07, 6.45) is 2.62. The number of rotatable bonds is 6. The van der Waals surface area contributed by atoms with Gasteiger partial charge >= 0.3 is 0 Å². The van der Waals surface area contributed by atoms with Crippen molar-refractivity contribution in [1.82, 2.24) is 15.2 Å². The van der Waals surface area contributed by atoms with E-state index >= 15 is 0 Å². The molecule has 1 fully saturated rings. The maximum atomic E-state index is 12.6. The first-order valence-corrected chi connectivity index (χ1v) is 9.56. The standard InChI is InChI=1S/C18H27N3O2S/c1-12(2)9-16-21(18(23)13(3)4)15(11-24-16)17(22)20-10-14-7-5-6-8-19-14/h5-8,12-13,15-16H,9-11H2,1-4H3,(H,20,22). The Morgan fingerprint density at radius 1 is 1.33 bits per heavy atom. The van der Waals surface area contributed by atoms with Gasteiger partial charge in [0, 0.05) is 17.9 Å². The van der Waals surface area contributed by atoms with E-state index in [4.69, 9.17) is 0 Å². The Balaban J connectivity index is 2.05. The molecule has 24 heavy (non-hydrogen) atoms. The van der Waals surface area contributed by atoms with E-state index in [0.717, 1.165) is 12.1 Å². The van der Waals surface area contributed by atoms with E-state index in [2.05, 4.69) is 24.1 Å². The van der Waals surface area contributed by atoms with Crippen LogP contribution in [0.1, 0.15) is 39.8 Å². The highest BCUT2D eigenvalue weighted by atomic mass is 32.2. The van der Waals surface area contributed by atoms with Gasteiger partial charge in [0.15, 0.2) is 0 Å². The third-order valence-corrected chi connectivity index (χ3v) is 5.30. The van der Waals surface area contributed by atoms with E-state index in [1.165, 1.54) is 0 Å². The molecule has 2 unspecified atom stereocenters. The van der Waals surface area contributed by atoms with Crippen molar-refractivity contribution in [3.8, 4) is 0 Å². The zero-order valence-corrected chi connectivity index (χ0v) is 15.7. The van der Waals surface area contributed by atoms with Gasteiger partial charge in [-0.1, -0.05) is 33.8 Å². The van der Waals surface area contributed by atoms with Crippen molar-refractivity contribution in [2.45, 2.75) is 52.1 Å². The van der Waals surface area contributed by atoms with Crippen LogP contribution in [0.15, 0.2) is 24.4 Å². The minimum atomic E-state index is -0.391. The van der Waals surface area contributed by atoms with E-state index in [0.29, 0.717) is 18.2 Å². The number of hydrogen-bond donors (Lipinski definition) is 1. The van der Waals surface area contributed by atoms with Gasteiger partial charge in [-0.2, -0.15) is 0 Å². The van der Waals surface area contributed by atoms with Crippen LogP contribution in [0.5, 0.6) is 0 Å². The minimum Gasteiger partial charge on any atom is -0.349 e. The molecule has 1 aromatic heterocycles. The second-order valence-corrected chi connectivity index (χ2v) is 8.08. The first kappa shape index (κ1) is 18.8. The molecule has 0 aromatic carbocycles. The van der Waals surface area contributed by atoms with Crippen LogP contribution in [0.4, 0.5) is 0 Å². The fraction of sp³-hybridized carbons (Fsp3) is 0.611. The molecular formula is C18H27N3O2S. The topological polar surface area (TPSA) is 62.3 Å².